The first-order valence-corrected chi connectivity index (χ1v) is 6.45. The van der Waals surface area contributed by atoms with Gasteiger partial charge in [0, 0.05) is 11.9 Å². The molecule has 0 aliphatic carbocycles. The molecule has 1 fully saturated rings. The van der Waals surface area contributed by atoms with Crippen molar-refractivity contribution in [3.05, 3.63) is 35.0 Å². The van der Waals surface area contributed by atoms with Crippen LogP contribution in [0.2, 0.25) is 5.02 Å². The highest BCUT2D eigenvalue weighted by atomic mass is 35.5. The van der Waals surface area contributed by atoms with Gasteiger partial charge in [-0.2, -0.15) is 10.2 Å². The second-order valence-corrected chi connectivity index (χ2v) is 4.98. The normalized spacial score (nSPS) is 15.6. The molecule has 2 amide bonds. The van der Waals surface area contributed by atoms with Crippen LogP contribution in [-0.4, -0.2) is 40.0 Å². The van der Waals surface area contributed by atoms with Crippen LogP contribution in [0.3, 0.4) is 0 Å². The number of nitrogens with one attached hydrogen (secondary N) is 1. The predicted octanol–water partition coefficient (Wildman–Crippen LogP) is 0.742. The number of amides is 2. The van der Waals surface area contributed by atoms with Crippen molar-refractivity contribution in [2.75, 3.05) is 13.1 Å². The van der Waals surface area contributed by atoms with E-state index >= 15 is 0 Å². The maximum atomic E-state index is 11.7. The molecule has 20 heavy (non-hydrogen) atoms. The average Bonchev–Trinajstić information content (AvgIpc) is 2.43. The first kappa shape index (κ1) is 12.8. The standard InChI is InChI=1S/C13H11ClN4O2/c14-10-4-16-17-11-3-8(1-2-9(10)11)6-18-7-12(19)15-5-13(18)20/h1-4H,5-7H2,(H,15,19). The molecule has 0 atom stereocenters. The van der Waals surface area contributed by atoms with Crippen LogP contribution in [-0.2, 0) is 16.1 Å². The number of nitrogens with zero attached hydrogens (tertiary/aromatic N) is 3. The van der Waals surface area contributed by atoms with Crippen LogP contribution < -0.4 is 5.32 Å². The van der Waals surface area contributed by atoms with E-state index in [4.69, 9.17) is 11.6 Å². The molecule has 0 bridgehead atoms. The Morgan fingerprint density at radius 3 is 3.05 bits per heavy atom. The van der Waals surface area contributed by atoms with Crippen LogP contribution in [0, 0.1) is 0 Å². The molecule has 2 aromatic rings. The quantitative estimate of drug-likeness (QED) is 0.885. The Bertz CT molecular complexity index is 704. The van der Waals surface area contributed by atoms with Crippen molar-refractivity contribution in [2.24, 2.45) is 0 Å². The molecule has 102 valence electrons. The number of carbonyl (C=O) groups is 2. The second-order valence-electron chi connectivity index (χ2n) is 4.57. The topological polar surface area (TPSA) is 75.2 Å². The Hall–Kier alpha value is -2.21. The van der Waals surface area contributed by atoms with Gasteiger partial charge in [0.2, 0.25) is 11.8 Å². The van der Waals surface area contributed by atoms with Crippen molar-refractivity contribution < 1.29 is 9.59 Å². The number of carbonyl (C=O) groups excluding carboxylic acids is 2. The molecule has 1 aliphatic rings. The summed E-state index contributed by atoms with van der Waals surface area (Å²) in [6.07, 6.45) is 1.49. The zero-order valence-corrected chi connectivity index (χ0v) is 11.2. The van der Waals surface area contributed by atoms with Gasteiger partial charge in [-0.15, -0.1) is 0 Å². The highest BCUT2D eigenvalue weighted by Crippen LogP contribution is 2.21. The fourth-order valence-corrected chi connectivity index (χ4v) is 2.34. The van der Waals surface area contributed by atoms with Crippen LogP contribution in [0.1, 0.15) is 5.56 Å². The van der Waals surface area contributed by atoms with Crippen molar-refractivity contribution in [1.29, 1.82) is 0 Å². The predicted molar refractivity (Wildman–Crippen MR) is 73.0 cm³/mol. The molecule has 1 saturated heterocycles. The minimum absolute atomic E-state index is 0.0536. The number of benzene rings is 1. The van der Waals surface area contributed by atoms with E-state index in [1.165, 1.54) is 11.1 Å². The van der Waals surface area contributed by atoms with Gasteiger partial charge in [-0.3, -0.25) is 9.59 Å². The van der Waals surface area contributed by atoms with Crippen molar-refractivity contribution in [3.63, 3.8) is 0 Å². The molecule has 1 aromatic carbocycles. The van der Waals surface area contributed by atoms with Gasteiger partial charge in [0.1, 0.15) is 0 Å². The van der Waals surface area contributed by atoms with Crippen LogP contribution in [0.25, 0.3) is 10.9 Å². The molecule has 0 radical (unpaired) electrons. The molecule has 0 spiro atoms. The van der Waals surface area contributed by atoms with Crippen molar-refractivity contribution in [3.8, 4) is 0 Å². The molecule has 1 N–H and O–H groups in total. The number of hydrogen-bond donors (Lipinski definition) is 1. The molecule has 2 heterocycles. The number of hydrogen-bond acceptors (Lipinski definition) is 4. The van der Waals surface area contributed by atoms with Crippen molar-refractivity contribution >= 4 is 34.3 Å². The second kappa shape index (κ2) is 5.05. The Kier molecular flexibility index (Phi) is 3.23. The van der Waals surface area contributed by atoms with Crippen molar-refractivity contribution in [1.82, 2.24) is 20.4 Å². The molecule has 1 aliphatic heterocycles. The number of halogens is 1. The van der Waals surface area contributed by atoms with E-state index in [2.05, 4.69) is 15.5 Å². The average molecular weight is 291 g/mol. The molecule has 0 unspecified atom stereocenters. The third kappa shape index (κ3) is 2.42. The van der Waals surface area contributed by atoms with Crippen LogP contribution in [0.15, 0.2) is 24.4 Å². The zero-order chi connectivity index (χ0) is 14.1. The van der Waals surface area contributed by atoms with E-state index < -0.39 is 0 Å². The Labute approximate surface area is 119 Å². The third-order valence-electron chi connectivity index (χ3n) is 3.15. The number of piperazine rings is 1. The zero-order valence-electron chi connectivity index (χ0n) is 10.5. The SMILES string of the molecule is O=C1CN(Cc2ccc3c(Cl)cnnc3c2)C(=O)CN1. The van der Waals surface area contributed by atoms with Gasteiger partial charge in [0.05, 0.1) is 29.8 Å². The molecule has 0 saturated carbocycles. The summed E-state index contributed by atoms with van der Waals surface area (Å²) in [5.74, 6) is -0.241. The maximum Gasteiger partial charge on any atom is 0.242 e. The first-order chi connectivity index (χ1) is 9.63. The van der Waals surface area contributed by atoms with E-state index in [-0.39, 0.29) is 24.9 Å². The van der Waals surface area contributed by atoms with Crippen molar-refractivity contribution in [2.45, 2.75) is 6.54 Å². The van der Waals surface area contributed by atoms with E-state index in [1.807, 2.05) is 18.2 Å². The van der Waals surface area contributed by atoms with Gasteiger partial charge < -0.3 is 10.2 Å². The third-order valence-corrected chi connectivity index (χ3v) is 3.45. The van der Waals surface area contributed by atoms with Gasteiger partial charge in [0.25, 0.3) is 0 Å². The summed E-state index contributed by atoms with van der Waals surface area (Å²) in [6.45, 7) is 0.506. The summed E-state index contributed by atoms with van der Waals surface area (Å²) >= 11 is 6.02. The Balaban J connectivity index is 1.87. The molecular formula is C13H11ClN4O2. The van der Waals surface area contributed by atoms with Gasteiger partial charge in [-0.1, -0.05) is 23.7 Å². The van der Waals surface area contributed by atoms with Crippen LogP contribution in [0.5, 0.6) is 0 Å². The number of fused-ring (bicyclic) bond motifs is 1. The monoisotopic (exact) mass is 290 g/mol. The number of aromatic nitrogens is 2. The lowest BCUT2D eigenvalue weighted by Gasteiger charge is -2.26. The highest BCUT2D eigenvalue weighted by molar-refractivity contribution is 6.35. The molecule has 1 aromatic heterocycles. The fourth-order valence-electron chi connectivity index (χ4n) is 2.14. The maximum absolute atomic E-state index is 11.7. The lowest BCUT2D eigenvalue weighted by atomic mass is 10.1. The van der Waals surface area contributed by atoms with Gasteiger partial charge in [0.15, 0.2) is 0 Å². The van der Waals surface area contributed by atoms with Crippen LogP contribution in [0.4, 0.5) is 0 Å². The minimum Gasteiger partial charge on any atom is -0.345 e. The van der Waals surface area contributed by atoms with E-state index in [0.717, 1.165) is 10.9 Å². The van der Waals surface area contributed by atoms with Gasteiger partial charge >= 0.3 is 0 Å². The van der Waals surface area contributed by atoms with E-state index in [0.29, 0.717) is 17.1 Å². The van der Waals surface area contributed by atoms with Crippen LogP contribution >= 0.6 is 11.6 Å². The minimum atomic E-state index is -0.145. The Morgan fingerprint density at radius 1 is 1.35 bits per heavy atom. The largest absolute Gasteiger partial charge is 0.345 e. The van der Waals surface area contributed by atoms with E-state index in [1.54, 1.807) is 0 Å². The Morgan fingerprint density at radius 2 is 2.20 bits per heavy atom. The summed E-state index contributed by atoms with van der Waals surface area (Å²) in [5.41, 5.74) is 1.56. The lowest BCUT2D eigenvalue weighted by molar-refractivity contribution is -0.141. The molecule has 7 heteroatoms. The lowest BCUT2D eigenvalue weighted by Crippen LogP contribution is -2.50. The smallest absolute Gasteiger partial charge is 0.242 e. The summed E-state index contributed by atoms with van der Waals surface area (Å²) in [4.78, 5) is 24.6. The first-order valence-electron chi connectivity index (χ1n) is 6.08. The number of rotatable bonds is 2. The highest BCUT2D eigenvalue weighted by Gasteiger charge is 2.22. The summed E-state index contributed by atoms with van der Waals surface area (Å²) in [6, 6.07) is 5.54. The molecule has 3 rings (SSSR count). The summed E-state index contributed by atoms with van der Waals surface area (Å²) < 4.78 is 0. The summed E-state index contributed by atoms with van der Waals surface area (Å²) in [5, 5.41) is 11.7. The van der Waals surface area contributed by atoms with E-state index in [9.17, 15) is 9.59 Å². The molecular weight excluding hydrogens is 280 g/mol. The molecule has 6 nitrogen and oxygen atoms in total. The fraction of sp³-hybridized carbons (Fsp3) is 0.231. The van der Waals surface area contributed by atoms with Gasteiger partial charge in [-0.05, 0) is 11.6 Å². The summed E-state index contributed by atoms with van der Waals surface area (Å²) in [7, 11) is 0. The van der Waals surface area contributed by atoms with Gasteiger partial charge in [-0.25, -0.2) is 0 Å².